The molecule has 2 aromatic carbocycles. The van der Waals surface area contributed by atoms with Gasteiger partial charge in [0.25, 0.3) is 0 Å². The fourth-order valence-corrected chi connectivity index (χ4v) is 3.31. The number of thioether (sulfide) groups is 1. The second-order valence-electron chi connectivity index (χ2n) is 5.06. The van der Waals surface area contributed by atoms with Gasteiger partial charge in [-0.25, -0.2) is 4.98 Å². The summed E-state index contributed by atoms with van der Waals surface area (Å²) in [4.78, 5) is 4.75. The summed E-state index contributed by atoms with van der Waals surface area (Å²) in [5.74, 6) is 1.79. The number of imidazole rings is 1. The van der Waals surface area contributed by atoms with E-state index >= 15 is 0 Å². The number of benzene rings is 2. The summed E-state index contributed by atoms with van der Waals surface area (Å²) in [6, 6.07) is 18.4. The van der Waals surface area contributed by atoms with Crippen LogP contribution in [0, 0.1) is 6.92 Å². The third-order valence-electron chi connectivity index (χ3n) is 3.44. The maximum Gasteiger partial charge on any atom is 0.226 e. The molecule has 6 heteroatoms. The molecule has 0 radical (unpaired) electrons. The van der Waals surface area contributed by atoms with Gasteiger partial charge in [0.2, 0.25) is 11.8 Å². The largest absolute Gasteiger partial charge is 0.425 e. The van der Waals surface area contributed by atoms with Crippen LogP contribution in [-0.4, -0.2) is 19.7 Å². The second-order valence-corrected chi connectivity index (χ2v) is 6.00. The number of aromatic nitrogens is 4. The Morgan fingerprint density at radius 3 is 2.57 bits per heavy atom. The molecule has 0 amide bonds. The van der Waals surface area contributed by atoms with E-state index < -0.39 is 0 Å². The summed E-state index contributed by atoms with van der Waals surface area (Å²) in [6.07, 6.45) is 0. The van der Waals surface area contributed by atoms with E-state index in [9.17, 15) is 0 Å². The Morgan fingerprint density at radius 1 is 1.00 bits per heavy atom. The SMILES string of the molecule is Cc1nnc(CSc2nc3ccccc3n2-c2ccccc2)o1. The van der Waals surface area contributed by atoms with Gasteiger partial charge in [-0.1, -0.05) is 42.1 Å². The first-order chi connectivity index (χ1) is 11.3. The van der Waals surface area contributed by atoms with Crippen LogP contribution in [-0.2, 0) is 5.75 Å². The summed E-state index contributed by atoms with van der Waals surface area (Å²) >= 11 is 1.59. The molecule has 23 heavy (non-hydrogen) atoms. The lowest BCUT2D eigenvalue weighted by Crippen LogP contribution is -1.96. The van der Waals surface area contributed by atoms with E-state index in [1.165, 1.54) is 0 Å². The predicted molar refractivity (Wildman–Crippen MR) is 89.7 cm³/mol. The highest BCUT2D eigenvalue weighted by molar-refractivity contribution is 7.98. The maximum absolute atomic E-state index is 5.44. The third kappa shape index (κ3) is 2.73. The molecule has 5 nitrogen and oxygen atoms in total. The molecule has 0 N–H and O–H groups in total. The molecular formula is C17H14N4OS. The number of hydrogen-bond acceptors (Lipinski definition) is 5. The van der Waals surface area contributed by atoms with E-state index in [4.69, 9.17) is 9.40 Å². The number of rotatable bonds is 4. The van der Waals surface area contributed by atoms with E-state index in [1.807, 2.05) is 36.4 Å². The maximum atomic E-state index is 5.44. The quantitative estimate of drug-likeness (QED) is 0.531. The molecule has 0 unspecified atom stereocenters. The number of fused-ring (bicyclic) bond motifs is 1. The Bertz CT molecular complexity index is 946. The normalized spacial score (nSPS) is 11.2. The Labute approximate surface area is 137 Å². The van der Waals surface area contributed by atoms with Crippen LogP contribution < -0.4 is 0 Å². The van der Waals surface area contributed by atoms with E-state index in [0.717, 1.165) is 21.9 Å². The number of hydrogen-bond donors (Lipinski definition) is 0. The Hall–Kier alpha value is -2.60. The zero-order chi connectivity index (χ0) is 15.6. The Morgan fingerprint density at radius 2 is 1.78 bits per heavy atom. The van der Waals surface area contributed by atoms with E-state index in [2.05, 4.69) is 33.0 Å². The predicted octanol–water partition coefficient (Wildman–Crippen LogP) is 4.01. The summed E-state index contributed by atoms with van der Waals surface area (Å²) < 4.78 is 7.60. The molecule has 0 saturated carbocycles. The van der Waals surface area contributed by atoms with Gasteiger partial charge in [-0.2, -0.15) is 0 Å². The van der Waals surface area contributed by atoms with Crippen molar-refractivity contribution in [3.63, 3.8) is 0 Å². The zero-order valence-electron chi connectivity index (χ0n) is 12.5. The Kier molecular flexibility index (Phi) is 3.59. The summed E-state index contributed by atoms with van der Waals surface area (Å²) in [5.41, 5.74) is 3.15. The minimum Gasteiger partial charge on any atom is -0.425 e. The third-order valence-corrected chi connectivity index (χ3v) is 4.36. The van der Waals surface area contributed by atoms with Crippen molar-refractivity contribution < 1.29 is 4.42 Å². The van der Waals surface area contributed by atoms with Crippen molar-refractivity contribution in [3.8, 4) is 5.69 Å². The molecule has 0 aliphatic rings. The first kappa shape index (κ1) is 14.0. The van der Waals surface area contributed by atoms with Crippen LogP contribution in [0.15, 0.2) is 64.2 Å². The van der Waals surface area contributed by atoms with Crippen molar-refractivity contribution in [2.45, 2.75) is 17.8 Å². The van der Waals surface area contributed by atoms with Gasteiger partial charge in [-0.05, 0) is 24.3 Å². The first-order valence-electron chi connectivity index (χ1n) is 7.26. The lowest BCUT2D eigenvalue weighted by molar-refractivity contribution is 0.485. The first-order valence-corrected chi connectivity index (χ1v) is 8.24. The molecule has 0 saturated heterocycles. The van der Waals surface area contributed by atoms with Crippen molar-refractivity contribution in [3.05, 3.63) is 66.4 Å². The van der Waals surface area contributed by atoms with Crippen LogP contribution >= 0.6 is 11.8 Å². The Balaban J connectivity index is 1.76. The second kappa shape index (κ2) is 5.89. The lowest BCUT2D eigenvalue weighted by Gasteiger charge is -2.08. The van der Waals surface area contributed by atoms with Crippen LogP contribution in [0.1, 0.15) is 11.8 Å². The van der Waals surface area contributed by atoms with E-state index in [0.29, 0.717) is 17.5 Å². The fraction of sp³-hybridized carbons (Fsp3) is 0.118. The zero-order valence-corrected chi connectivity index (χ0v) is 13.3. The highest BCUT2D eigenvalue weighted by Crippen LogP contribution is 2.29. The average molecular weight is 322 g/mol. The summed E-state index contributed by atoms with van der Waals surface area (Å²) in [6.45, 7) is 1.79. The highest BCUT2D eigenvalue weighted by atomic mass is 32.2. The lowest BCUT2D eigenvalue weighted by atomic mass is 10.3. The van der Waals surface area contributed by atoms with Crippen molar-refractivity contribution in [1.29, 1.82) is 0 Å². The summed E-state index contributed by atoms with van der Waals surface area (Å²) in [7, 11) is 0. The average Bonchev–Trinajstić information content (AvgIpc) is 3.16. The molecule has 4 rings (SSSR count). The molecular weight excluding hydrogens is 308 g/mol. The van der Waals surface area contributed by atoms with Crippen molar-refractivity contribution in [1.82, 2.24) is 19.7 Å². The molecule has 0 spiro atoms. The smallest absolute Gasteiger partial charge is 0.226 e. The molecule has 2 aromatic heterocycles. The topological polar surface area (TPSA) is 56.7 Å². The molecule has 0 aliphatic carbocycles. The number of aryl methyl sites for hydroxylation is 1. The van der Waals surface area contributed by atoms with Gasteiger partial charge >= 0.3 is 0 Å². The van der Waals surface area contributed by atoms with E-state index in [1.54, 1.807) is 18.7 Å². The van der Waals surface area contributed by atoms with Crippen LogP contribution in [0.25, 0.3) is 16.7 Å². The molecule has 0 atom stereocenters. The highest BCUT2D eigenvalue weighted by Gasteiger charge is 2.14. The van der Waals surface area contributed by atoms with Crippen LogP contribution in [0.3, 0.4) is 0 Å². The van der Waals surface area contributed by atoms with Crippen molar-refractivity contribution in [2.75, 3.05) is 0 Å². The molecule has 0 aliphatic heterocycles. The standard InChI is InChI=1S/C17H14N4OS/c1-12-19-20-16(22-12)11-23-17-18-14-9-5-6-10-15(14)21(17)13-7-3-2-4-8-13/h2-10H,11H2,1H3. The fourth-order valence-electron chi connectivity index (χ4n) is 2.45. The van der Waals surface area contributed by atoms with Gasteiger partial charge in [-0.15, -0.1) is 10.2 Å². The van der Waals surface area contributed by atoms with Gasteiger partial charge in [0.05, 0.1) is 16.8 Å². The molecule has 2 heterocycles. The number of para-hydroxylation sites is 3. The van der Waals surface area contributed by atoms with Crippen LogP contribution in [0.4, 0.5) is 0 Å². The molecule has 0 fully saturated rings. The van der Waals surface area contributed by atoms with Crippen LogP contribution in [0.2, 0.25) is 0 Å². The van der Waals surface area contributed by atoms with Crippen molar-refractivity contribution >= 4 is 22.8 Å². The molecule has 4 aromatic rings. The minimum absolute atomic E-state index is 0.581. The number of nitrogens with zero attached hydrogens (tertiary/aromatic N) is 4. The monoisotopic (exact) mass is 322 g/mol. The van der Waals surface area contributed by atoms with Crippen molar-refractivity contribution in [2.24, 2.45) is 0 Å². The van der Waals surface area contributed by atoms with Gasteiger partial charge in [0.15, 0.2) is 5.16 Å². The van der Waals surface area contributed by atoms with Gasteiger partial charge in [0.1, 0.15) is 0 Å². The van der Waals surface area contributed by atoms with Gasteiger partial charge in [-0.3, -0.25) is 4.57 Å². The minimum atomic E-state index is 0.581. The molecule has 114 valence electrons. The van der Waals surface area contributed by atoms with E-state index in [-0.39, 0.29) is 0 Å². The van der Waals surface area contributed by atoms with Crippen LogP contribution in [0.5, 0.6) is 0 Å². The van der Waals surface area contributed by atoms with Gasteiger partial charge < -0.3 is 4.42 Å². The molecule has 0 bridgehead atoms. The van der Waals surface area contributed by atoms with Gasteiger partial charge in [0, 0.05) is 12.6 Å². The summed E-state index contributed by atoms with van der Waals surface area (Å²) in [5, 5.41) is 8.82.